The molecule has 76 valence electrons. The summed E-state index contributed by atoms with van der Waals surface area (Å²) in [6.45, 7) is 0. The lowest BCUT2D eigenvalue weighted by molar-refractivity contribution is 1.31. The van der Waals surface area contributed by atoms with Crippen molar-refractivity contribution in [2.24, 2.45) is 0 Å². The van der Waals surface area contributed by atoms with Gasteiger partial charge in [-0.3, -0.25) is 0 Å². The summed E-state index contributed by atoms with van der Waals surface area (Å²) in [5.41, 5.74) is 1.77. The molecule has 0 N–H and O–H groups in total. The van der Waals surface area contributed by atoms with Gasteiger partial charge < -0.3 is 0 Å². The van der Waals surface area contributed by atoms with Crippen LogP contribution in [0.3, 0.4) is 0 Å². The van der Waals surface area contributed by atoms with Gasteiger partial charge in [-0.2, -0.15) is 0 Å². The quantitative estimate of drug-likeness (QED) is 0.721. The number of halogens is 3. The first-order chi connectivity index (χ1) is 7.15. The van der Waals surface area contributed by atoms with Crippen molar-refractivity contribution in [2.75, 3.05) is 0 Å². The van der Waals surface area contributed by atoms with Gasteiger partial charge >= 0.3 is 0 Å². The third kappa shape index (κ3) is 2.59. The van der Waals surface area contributed by atoms with Gasteiger partial charge in [-0.15, -0.1) is 0 Å². The van der Waals surface area contributed by atoms with E-state index in [1.165, 1.54) is 0 Å². The predicted octanol–water partition coefficient (Wildman–Crippen LogP) is 4.10. The molecule has 0 bridgehead atoms. The van der Waals surface area contributed by atoms with Crippen LogP contribution in [0.5, 0.6) is 0 Å². The van der Waals surface area contributed by atoms with E-state index in [1.807, 2.05) is 6.07 Å². The Kier molecular flexibility index (Phi) is 3.10. The second-order valence-corrected chi connectivity index (χ2v) is 4.03. The molecule has 0 atom stereocenters. The van der Waals surface area contributed by atoms with E-state index in [2.05, 4.69) is 9.97 Å². The molecule has 0 amide bonds. The Balaban J connectivity index is 2.54. The highest BCUT2D eigenvalue weighted by Gasteiger charge is 2.03. The van der Waals surface area contributed by atoms with Crippen molar-refractivity contribution >= 4 is 34.8 Å². The maximum Gasteiger partial charge on any atom is 0.131 e. The van der Waals surface area contributed by atoms with Gasteiger partial charge in [0.05, 0.1) is 0 Å². The molecule has 2 nitrogen and oxygen atoms in total. The Bertz CT molecular complexity index is 480. The minimum Gasteiger partial charge on any atom is -0.245 e. The third-order valence-corrected chi connectivity index (χ3v) is 2.42. The fourth-order valence-electron chi connectivity index (χ4n) is 1.21. The van der Waals surface area contributed by atoms with Crippen molar-refractivity contribution in [3.8, 4) is 11.1 Å². The average Bonchev–Trinajstić information content (AvgIpc) is 2.16. The zero-order chi connectivity index (χ0) is 10.8. The average molecular weight is 260 g/mol. The minimum atomic E-state index is 0.352. The molecule has 2 rings (SSSR count). The van der Waals surface area contributed by atoms with E-state index in [0.717, 1.165) is 11.1 Å². The van der Waals surface area contributed by atoms with Gasteiger partial charge in [-0.05, 0) is 35.4 Å². The lowest BCUT2D eigenvalue weighted by Gasteiger charge is -2.02. The van der Waals surface area contributed by atoms with E-state index in [4.69, 9.17) is 34.8 Å². The van der Waals surface area contributed by atoms with Crippen molar-refractivity contribution in [2.45, 2.75) is 0 Å². The fourth-order valence-corrected chi connectivity index (χ4v) is 1.85. The summed E-state index contributed by atoms with van der Waals surface area (Å²) < 4.78 is 0. The second kappa shape index (κ2) is 4.35. The van der Waals surface area contributed by atoms with Crippen LogP contribution < -0.4 is 0 Å². The molecule has 2 aromatic heterocycles. The predicted molar refractivity (Wildman–Crippen MR) is 62.5 cm³/mol. The van der Waals surface area contributed by atoms with Crippen LogP contribution in [0.25, 0.3) is 11.1 Å². The lowest BCUT2D eigenvalue weighted by atomic mass is 10.1. The molecule has 5 heteroatoms. The van der Waals surface area contributed by atoms with Gasteiger partial charge in [-0.1, -0.05) is 34.8 Å². The fraction of sp³-hybridized carbons (Fsp3) is 0. The number of aromatic nitrogens is 2. The molecule has 0 saturated heterocycles. The smallest absolute Gasteiger partial charge is 0.131 e. The standard InChI is InChI=1S/C10H5Cl3N2/c11-8-3-6(1-2-14-8)7-4-9(12)15-10(13)5-7/h1-5H. The summed E-state index contributed by atoms with van der Waals surface area (Å²) in [5.74, 6) is 0. The minimum absolute atomic E-state index is 0.352. The highest BCUT2D eigenvalue weighted by Crippen LogP contribution is 2.25. The van der Waals surface area contributed by atoms with Gasteiger partial charge in [0.15, 0.2) is 0 Å². The number of hydrogen-bond acceptors (Lipinski definition) is 2. The Morgan fingerprint density at radius 3 is 2.00 bits per heavy atom. The van der Waals surface area contributed by atoms with Crippen LogP contribution >= 0.6 is 34.8 Å². The Morgan fingerprint density at radius 1 is 0.800 bits per heavy atom. The van der Waals surface area contributed by atoms with E-state index in [9.17, 15) is 0 Å². The Morgan fingerprint density at radius 2 is 1.40 bits per heavy atom. The van der Waals surface area contributed by atoms with Gasteiger partial charge in [0.25, 0.3) is 0 Å². The van der Waals surface area contributed by atoms with Crippen LogP contribution in [-0.4, -0.2) is 9.97 Å². The molecule has 15 heavy (non-hydrogen) atoms. The van der Waals surface area contributed by atoms with E-state index in [1.54, 1.807) is 24.4 Å². The van der Waals surface area contributed by atoms with Crippen molar-refractivity contribution < 1.29 is 0 Å². The van der Waals surface area contributed by atoms with Gasteiger partial charge in [-0.25, -0.2) is 9.97 Å². The molecule has 0 spiro atoms. The van der Waals surface area contributed by atoms with Gasteiger partial charge in [0, 0.05) is 6.20 Å². The summed E-state index contributed by atoms with van der Waals surface area (Å²) in [6.07, 6.45) is 1.62. The summed E-state index contributed by atoms with van der Waals surface area (Å²) in [4.78, 5) is 7.76. The number of hydrogen-bond donors (Lipinski definition) is 0. The van der Waals surface area contributed by atoms with E-state index in [-0.39, 0.29) is 0 Å². The molecular formula is C10H5Cl3N2. The van der Waals surface area contributed by atoms with Crippen LogP contribution in [0, 0.1) is 0 Å². The molecule has 2 aromatic rings. The van der Waals surface area contributed by atoms with Crippen molar-refractivity contribution in [1.82, 2.24) is 9.97 Å². The monoisotopic (exact) mass is 258 g/mol. The Hall–Kier alpha value is -0.830. The largest absolute Gasteiger partial charge is 0.245 e. The van der Waals surface area contributed by atoms with E-state index < -0.39 is 0 Å². The maximum absolute atomic E-state index is 5.80. The number of pyridine rings is 2. The molecule has 0 radical (unpaired) electrons. The first kappa shape index (κ1) is 10.7. The van der Waals surface area contributed by atoms with E-state index in [0.29, 0.717) is 15.5 Å². The SMILES string of the molecule is Clc1cc(-c2cc(Cl)nc(Cl)c2)ccn1. The molecule has 0 aliphatic heterocycles. The van der Waals surface area contributed by atoms with Crippen LogP contribution in [0.1, 0.15) is 0 Å². The van der Waals surface area contributed by atoms with Gasteiger partial charge in [0.1, 0.15) is 15.5 Å². The maximum atomic E-state index is 5.80. The molecule has 0 saturated carbocycles. The highest BCUT2D eigenvalue weighted by atomic mass is 35.5. The van der Waals surface area contributed by atoms with E-state index >= 15 is 0 Å². The first-order valence-electron chi connectivity index (χ1n) is 4.10. The van der Waals surface area contributed by atoms with Crippen LogP contribution in [0.15, 0.2) is 30.5 Å². The molecule has 0 fully saturated rings. The van der Waals surface area contributed by atoms with Crippen molar-refractivity contribution in [3.05, 3.63) is 45.9 Å². The molecule has 0 aliphatic rings. The lowest BCUT2D eigenvalue weighted by Crippen LogP contribution is -1.83. The van der Waals surface area contributed by atoms with Crippen LogP contribution in [0.2, 0.25) is 15.5 Å². The van der Waals surface area contributed by atoms with Crippen LogP contribution in [-0.2, 0) is 0 Å². The summed E-state index contributed by atoms with van der Waals surface area (Å²) in [5, 5.41) is 1.13. The number of nitrogens with zero attached hydrogens (tertiary/aromatic N) is 2. The topological polar surface area (TPSA) is 25.8 Å². The summed E-state index contributed by atoms with van der Waals surface area (Å²) >= 11 is 17.4. The molecular weight excluding hydrogens is 254 g/mol. The van der Waals surface area contributed by atoms with Gasteiger partial charge in [0.2, 0.25) is 0 Å². The Labute approximate surface area is 102 Å². The zero-order valence-corrected chi connectivity index (χ0v) is 9.68. The molecule has 0 aliphatic carbocycles. The molecule has 0 aromatic carbocycles. The zero-order valence-electron chi connectivity index (χ0n) is 7.42. The van der Waals surface area contributed by atoms with Crippen molar-refractivity contribution in [3.63, 3.8) is 0 Å². The number of rotatable bonds is 1. The molecule has 0 unspecified atom stereocenters. The third-order valence-electron chi connectivity index (χ3n) is 1.82. The summed E-state index contributed by atoms with van der Waals surface area (Å²) in [7, 11) is 0. The van der Waals surface area contributed by atoms with Crippen LogP contribution in [0.4, 0.5) is 0 Å². The summed E-state index contributed by atoms with van der Waals surface area (Å²) in [6, 6.07) is 7.01. The van der Waals surface area contributed by atoms with Crippen molar-refractivity contribution in [1.29, 1.82) is 0 Å². The second-order valence-electron chi connectivity index (χ2n) is 2.87. The first-order valence-corrected chi connectivity index (χ1v) is 5.23. The molecule has 2 heterocycles. The highest BCUT2D eigenvalue weighted by molar-refractivity contribution is 6.33. The normalized spacial score (nSPS) is 10.3.